The van der Waals surface area contributed by atoms with Crippen molar-refractivity contribution in [3.63, 3.8) is 0 Å². The van der Waals surface area contributed by atoms with Gasteiger partial charge in [-0.1, -0.05) is 12.8 Å². The number of nitrogens with one attached hydrogen (secondary N) is 1. The summed E-state index contributed by atoms with van der Waals surface area (Å²) in [5, 5.41) is 7.78. The van der Waals surface area contributed by atoms with E-state index in [4.69, 9.17) is 4.74 Å². The van der Waals surface area contributed by atoms with Crippen LogP contribution in [0.4, 0.5) is 0 Å². The molecule has 1 aliphatic rings. The lowest BCUT2D eigenvalue weighted by molar-refractivity contribution is -0.0347. The van der Waals surface area contributed by atoms with Gasteiger partial charge >= 0.3 is 0 Å². The predicted molar refractivity (Wildman–Crippen MR) is 64.3 cm³/mol. The molecule has 1 heterocycles. The minimum absolute atomic E-state index is 0.0236. The third-order valence-corrected chi connectivity index (χ3v) is 4.25. The zero-order chi connectivity index (χ0) is 10.7. The molecule has 2 rings (SSSR count). The van der Waals surface area contributed by atoms with Crippen LogP contribution >= 0.6 is 11.3 Å². The van der Waals surface area contributed by atoms with Gasteiger partial charge in [0.15, 0.2) is 0 Å². The van der Waals surface area contributed by atoms with Crippen LogP contribution in [0.3, 0.4) is 0 Å². The van der Waals surface area contributed by atoms with Gasteiger partial charge in [-0.2, -0.15) is 11.3 Å². The summed E-state index contributed by atoms with van der Waals surface area (Å²) in [7, 11) is 3.88. The van der Waals surface area contributed by atoms with E-state index in [9.17, 15) is 0 Å². The minimum Gasteiger partial charge on any atom is -0.376 e. The normalized spacial score (nSPS) is 21.7. The van der Waals surface area contributed by atoms with Crippen molar-refractivity contribution in [2.45, 2.75) is 37.3 Å². The Bertz CT molecular complexity index is 291. The number of methoxy groups -OCH3 is 1. The van der Waals surface area contributed by atoms with Gasteiger partial charge in [-0.15, -0.1) is 0 Å². The van der Waals surface area contributed by atoms with E-state index < -0.39 is 0 Å². The van der Waals surface area contributed by atoms with Crippen molar-refractivity contribution in [2.24, 2.45) is 0 Å². The van der Waals surface area contributed by atoms with Gasteiger partial charge in [0.25, 0.3) is 0 Å². The Hall–Kier alpha value is -0.380. The fourth-order valence-electron chi connectivity index (χ4n) is 2.76. The van der Waals surface area contributed by atoms with Gasteiger partial charge < -0.3 is 10.1 Å². The third-order valence-electron chi connectivity index (χ3n) is 3.55. The fraction of sp³-hybridized carbons (Fsp3) is 0.667. The highest BCUT2D eigenvalue weighted by Gasteiger charge is 2.41. The highest BCUT2D eigenvalue weighted by molar-refractivity contribution is 7.07. The van der Waals surface area contributed by atoms with Crippen molar-refractivity contribution in [1.82, 2.24) is 5.32 Å². The number of hydrogen-bond acceptors (Lipinski definition) is 3. The van der Waals surface area contributed by atoms with E-state index in [0.717, 1.165) is 0 Å². The average molecular weight is 225 g/mol. The Balaban J connectivity index is 2.24. The lowest BCUT2D eigenvalue weighted by Crippen LogP contribution is -2.42. The predicted octanol–water partition coefficient (Wildman–Crippen LogP) is 2.97. The zero-order valence-electron chi connectivity index (χ0n) is 9.45. The summed E-state index contributed by atoms with van der Waals surface area (Å²) in [5.41, 5.74) is 1.39. The smallest absolute Gasteiger partial charge is 0.0872 e. The van der Waals surface area contributed by atoms with E-state index in [1.54, 1.807) is 11.3 Å². The molecule has 1 atom stereocenters. The molecule has 0 spiro atoms. The van der Waals surface area contributed by atoms with Crippen LogP contribution < -0.4 is 5.32 Å². The molecule has 0 radical (unpaired) electrons. The zero-order valence-corrected chi connectivity index (χ0v) is 10.3. The molecule has 1 aliphatic carbocycles. The first-order chi connectivity index (χ1) is 7.32. The molecule has 1 N–H and O–H groups in total. The third kappa shape index (κ3) is 1.96. The minimum atomic E-state index is 0.0236. The molecule has 1 fully saturated rings. The van der Waals surface area contributed by atoms with E-state index in [1.807, 2.05) is 14.2 Å². The van der Waals surface area contributed by atoms with Gasteiger partial charge in [0.2, 0.25) is 0 Å². The Morgan fingerprint density at radius 2 is 2.20 bits per heavy atom. The maximum atomic E-state index is 5.82. The van der Waals surface area contributed by atoms with Gasteiger partial charge in [0.1, 0.15) is 0 Å². The maximum absolute atomic E-state index is 5.82. The summed E-state index contributed by atoms with van der Waals surface area (Å²) in [6, 6.07) is 2.54. The number of ether oxygens (including phenoxy) is 1. The summed E-state index contributed by atoms with van der Waals surface area (Å²) in [6.07, 6.45) is 4.92. The first-order valence-electron chi connectivity index (χ1n) is 5.57. The monoisotopic (exact) mass is 225 g/mol. The van der Waals surface area contributed by atoms with Crippen LogP contribution in [-0.2, 0) is 4.74 Å². The van der Waals surface area contributed by atoms with Crippen molar-refractivity contribution >= 4 is 11.3 Å². The molecule has 0 aliphatic heterocycles. The maximum Gasteiger partial charge on any atom is 0.0872 e. The Morgan fingerprint density at radius 3 is 2.67 bits per heavy atom. The van der Waals surface area contributed by atoms with E-state index in [2.05, 4.69) is 22.1 Å². The van der Waals surface area contributed by atoms with Crippen molar-refractivity contribution < 1.29 is 4.74 Å². The standard InChI is InChI=1S/C12H19NOS/c1-13-11(10-5-8-15-9-10)12(14-2)6-3-4-7-12/h5,8-9,11,13H,3-4,6-7H2,1-2H3. The Kier molecular flexibility index (Phi) is 3.44. The number of rotatable bonds is 4. The molecule has 2 nitrogen and oxygen atoms in total. The van der Waals surface area contributed by atoms with E-state index in [1.165, 1.54) is 31.2 Å². The lowest BCUT2D eigenvalue weighted by atomic mass is 9.88. The molecule has 1 aromatic rings. The van der Waals surface area contributed by atoms with Crippen molar-refractivity contribution in [1.29, 1.82) is 0 Å². The largest absolute Gasteiger partial charge is 0.376 e. The first kappa shape index (κ1) is 11.1. The molecular weight excluding hydrogens is 206 g/mol. The quantitative estimate of drug-likeness (QED) is 0.850. The molecule has 1 saturated carbocycles. The van der Waals surface area contributed by atoms with Crippen LogP contribution in [-0.4, -0.2) is 19.8 Å². The van der Waals surface area contributed by atoms with Crippen LogP contribution in [0.2, 0.25) is 0 Å². The van der Waals surface area contributed by atoms with Crippen LogP contribution in [0, 0.1) is 0 Å². The van der Waals surface area contributed by atoms with Crippen molar-refractivity contribution in [3.05, 3.63) is 22.4 Å². The molecule has 84 valence electrons. The number of likely N-dealkylation sites (N-methyl/N-ethyl adjacent to an activating group) is 1. The van der Waals surface area contributed by atoms with Gasteiger partial charge in [-0.3, -0.25) is 0 Å². The van der Waals surface area contributed by atoms with E-state index >= 15 is 0 Å². The second-order valence-corrected chi connectivity index (χ2v) is 5.03. The SMILES string of the molecule is CNC(c1ccsc1)C1(OC)CCCC1. The second-order valence-electron chi connectivity index (χ2n) is 4.25. The summed E-state index contributed by atoms with van der Waals surface area (Å²) >= 11 is 1.76. The number of thiophene rings is 1. The fourth-order valence-corrected chi connectivity index (χ4v) is 3.44. The van der Waals surface area contributed by atoms with Crippen molar-refractivity contribution in [2.75, 3.05) is 14.2 Å². The Labute approximate surface area is 95.6 Å². The molecule has 0 amide bonds. The van der Waals surface area contributed by atoms with Gasteiger partial charge in [0, 0.05) is 7.11 Å². The molecule has 1 aromatic heterocycles. The number of hydrogen-bond donors (Lipinski definition) is 1. The summed E-state index contributed by atoms with van der Waals surface area (Å²) < 4.78 is 5.82. The lowest BCUT2D eigenvalue weighted by Gasteiger charge is -2.36. The van der Waals surface area contributed by atoms with Crippen LogP contribution in [0.25, 0.3) is 0 Å². The van der Waals surface area contributed by atoms with Crippen LogP contribution in [0.15, 0.2) is 16.8 Å². The average Bonchev–Trinajstić information content (AvgIpc) is 2.90. The van der Waals surface area contributed by atoms with Crippen LogP contribution in [0.1, 0.15) is 37.3 Å². The summed E-state index contributed by atoms with van der Waals surface area (Å²) in [6.45, 7) is 0. The molecule has 1 unspecified atom stereocenters. The van der Waals surface area contributed by atoms with E-state index in [0.29, 0.717) is 6.04 Å². The molecule has 15 heavy (non-hydrogen) atoms. The molecule has 0 bridgehead atoms. The van der Waals surface area contributed by atoms with Gasteiger partial charge in [-0.25, -0.2) is 0 Å². The summed E-state index contributed by atoms with van der Waals surface area (Å²) in [4.78, 5) is 0. The van der Waals surface area contributed by atoms with Gasteiger partial charge in [-0.05, 0) is 42.3 Å². The molecule has 3 heteroatoms. The van der Waals surface area contributed by atoms with Gasteiger partial charge in [0.05, 0.1) is 11.6 Å². The van der Waals surface area contributed by atoms with Crippen molar-refractivity contribution in [3.8, 4) is 0 Å². The van der Waals surface area contributed by atoms with E-state index in [-0.39, 0.29) is 5.60 Å². The molecule has 0 saturated heterocycles. The Morgan fingerprint density at radius 1 is 1.47 bits per heavy atom. The molecular formula is C12H19NOS. The summed E-state index contributed by atoms with van der Waals surface area (Å²) in [5.74, 6) is 0. The topological polar surface area (TPSA) is 21.3 Å². The second kappa shape index (κ2) is 4.64. The van der Waals surface area contributed by atoms with Crippen LogP contribution in [0.5, 0.6) is 0 Å². The highest BCUT2D eigenvalue weighted by atomic mass is 32.1. The first-order valence-corrected chi connectivity index (χ1v) is 6.51. The highest BCUT2D eigenvalue weighted by Crippen LogP contribution is 2.42. The molecule has 0 aromatic carbocycles.